The lowest BCUT2D eigenvalue weighted by molar-refractivity contribution is -0.0558. The zero-order valence-corrected chi connectivity index (χ0v) is 12.5. The molecule has 0 spiro atoms. The number of ether oxygens (including phenoxy) is 1. The smallest absolute Gasteiger partial charge is 0.0622 e. The second-order valence-electron chi connectivity index (χ2n) is 6.74. The molecule has 1 saturated carbocycles. The molecule has 3 atom stereocenters. The first-order chi connectivity index (χ1) is 8.57. The zero-order valence-electron chi connectivity index (χ0n) is 12.5. The molecule has 3 unspecified atom stereocenters. The van der Waals surface area contributed by atoms with Gasteiger partial charge in [0.2, 0.25) is 0 Å². The van der Waals surface area contributed by atoms with Gasteiger partial charge in [0.1, 0.15) is 0 Å². The van der Waals surface area contributed by atoms with E-state index in [2.05, 4.69) is 38.0 Å². The van der Waals surface area contributed by atoms with Crippen LogP contribution in [-0.2, 0) is 4.74 Å². The van der Waals surface area contributed by atoms with Crippen molar-refractivity contribution in [2.45, 2.75) is 64.6 Å². The van der Waals surface area contributed by atoms with Gasteiger partial charge < -0.3 is 10.1 Å². The van der Waals surface area contributed by atoms with Crippen molar-refractivity contribution in [2.24, 2.45) is 5.41 Å². The maximum Gasteiger partial charge on any atom is 0.0622 e. The monoisotopic (exact) mass is 254 g/mol. The molecular formula is C15H30N2O. The van der Waals surface area contributed by atoms with Crippen molar-refractivity contribution < 1.29 is 4.74 Å². The molecule has 0 aromatic rings. The van der Waals surface area contributed by atoms with Crippen LogP contribution >= 0.6 is 0 Å². The number of hydrogen-bond donors (Lipinski definition) is 1. The van der Waals surface area contributed by atoms with E-state index in [1.807, 2.05) is 0 Å². The van der Waals surface area contributed by atoms with Gasteiger partial charge in [-0.25, -0.2) is 0 Å². The van der Waals surface area contributed by atoms with Crippen LogP contribution in [0.5, 0.6) is 0 Å². The third kappa shape index (κ3) is 3.06. The van der Waals surface area contributed by atoms with Crippen LogP contribution < -0.4 is 5.32 Å². The molecule has 1 heterocycles. The van der Waals surface area contributed by atoms with Crippen LogP contribution in [0.25, 0.3) is 0 Å². The molecule has 0 aromatic heterocycles. The quantitative estimate of drug-likeness (QED) is 0.836. The van der Waals surface area contributed by atoms with Crippen molar-refractivity contribution >= 4 is 0 Å². The Morgan fingerprint density at radius 3 is 2.83 bits per heavy atom. The molecule has 18 heavy (non-hydrogen) atoms. The number of nitrogens with zero attached hydrogens (tertiary/aromatic N) is 1. The van der Waals surface area contributed by atoms with Crippen molar-refractivity contribution in [1.82, 2.24) is 10.2 Å². The Labute approximate surface area is 112 Å². The summed E-state index contributed by atoms with van der Waals surface area (Å²) in [6.07, 6.45) is 5.17. The van der Waals surface area contributed by atoms with Crippen molar-refractivity contribution in [3.63, 3.8) is 0 Å². The normalized spacial score (nSPS) is 37.7. The predicted molar refractivity (Wildman–Crippen MR) is 75.9 cm³/mol. The van der Waals surface area contributed by atoms with E-state index in [1.54, 1.807) is 0 Å². The highest BCUT2D eigenvalue weighted by atomic mass is 16.5. The van der Waals surface area contributed by atoms with Gasteiger partial charge in [-0.1, -0.05) is 20.8 Å². The minimum atomic E-state index is 0.495. The number of hydrogen-bond acceptors (Lipinski definition) is 3. The summed E-state index contributed by atoms with van der Waals surface area (Å²) in [6, 6.07) is 1.96. The molecule has 2 aliphatic rings. The van der Waals surface area contributed by atoms with Crippen LogP contribution in [0.15, 0.2) is 0 Å². The Bertz CT molecular complexity index is 267. The molecule has 1 N–H and O–H groups in total. The molecule has 1 aliphatic carbocycles. The van der Waals surface area contributed by atoms with E-state index >= 15 is 0 Å². The van der Waals surface area contributed by atoms with Crippen molar-refractivity contribution in [3.8, 4) is 0 Å². The SMILES string of the molecule is CCC1COCCN1C1CC(C)(C)CCC1NC. The molecule has 0 radical (unpaired) electrons. The van der Waals surface area contributed by atoms with Crippen LogP contribution in [0.2, 0.25) is 0 Å². The highest BCUT2D eigenvalue weighted by Crippen LogP contribution is 2.38. The fourth-order valence-corrected chi connectivity index (χ4v) is 3.69. The van der Waals surface area contributed by atoms with E-state index in [1.165, 1.54) is 25.7 Å². The Kier molecular flexibility index (Phi) is 4.68. The van der Waals surface area contributed by atoms with Gasteiger partial charge in [0.25, 0.3) is 0 Å². The molecule has 1 aliphatic heterocycles. The van der Waals surface area contributed by atoms with Gasteiger partial charge in [0, 0.05) is 24.7 Å². The van der Waals surface area contributed by atoms with Gasteiger partial charge >= 0.3 is 0 Å². The average molecular weight is 254 g/mol. The van der Waals surface area contributed by atoms with E-state index in [9.17, 15) is 0 Å². The van der Waals surface area contributed by atoms with E-state index in [-0.39, 0.29) is 0 Å². The molecule has 2 rings (SSSR count). The highest BCUT2D eigenvalue weighted by molar-refractivity contribution is 4.96. The van der Waals surface area contributed by atoms with E-state index in [0.29, 0.717) is 23.5 Å². The van der Waals surface area contributed by atoms with Crippen LogP contribution in [0.1, 0.15) is 46.5 Å². The summed E-state index contributed by atoms with van der Waals surface area (Å²) in [5.41, 5.74) is 0.495. The van der Waals surface area contributed by atoms with Crippen molar-refractivity contribution in [3.05, 3.63) is 0 Å². The fraction of sp³-hybridized carbons (Fsp3) is 1.00. The summed E-state index contributed by atoms with van der Waals surface area (Å²) < 4.78 is 5.65. The minimum absolute atomic E-state index is 0.495. The molecule has 1 saturated heterocycles. The lowest BCUT2D eigenvalue weighted by atomic mass is 9.72. The molecule has 106 valence electrons. The number of morpholine rings is 1. The Morgan fingerprint density at radius 2 is 2.17 bits per heavy atom. The first-order valence-electron chi connectivity index (χ1n) is 7.58. The molecule has 3 nitrogen and oxygen atoms in total. The molecule has 2 fully saturated rings. The first kappa shape index (κ1) is 14.3. The second kappa shape index (κ2) is 5.89. The summed E-state index contributed by atoms with van der Waals surface area (Å²) >= 11 is 0. The first-order valence-corrected chi connectivity index (χ1v) is 7.58. The molecule has 3 heteroatoms. The lowest BCUT2D eigenvalue weighted by Crippen LogP contribution is -2.59. The predicted octanol–water partition coefficient (Wildman–Crippen LogP) is 2.26. The van der Waals surface area contributed by atoms with Crippen LogP contribution in [0.4, 0.5) is 0 Å². The average Bonchev–Trinajstić information content (AvgIpc) is 2.37. The summed E-state index contributed by atoms with van der Waals surface area (Å²) in [5, 5.41) is 3.55. The van der Waals surface area contributed by atoms with Gasteiger partial charge in [-0.15, -0.1) is 0 Å². The maximum absolute atomic E-state index is 5.65. The largest absolute Gasteiger partial charge is 0.378 e. The Morgan fingerprint density at radius 1 is 1.39 bits per heavy atom. The summed E-state index contributed by atoms with van der Waals surface area (Å²) in [6.45, 7) is 10.1. The number of nitrogens with one attached hydrogen (secondary N) is 1. The minimum Gasteiger partial charge on any atom is -0.378 e. The van der Waals surface area contributed by atoms with E-state index < -0.39 is 0 Å². The Balaban J connectivity index is 2.10. The number of likely N-dealkylation sites (N-methyl/N-ethyl adjacent to an activating group) is 1. The second-order valence-corrected chi connectivity index (χ2v) is 6.74. The zero-order chi connectivity index (χ0) is 13.2. The van der Waals surface area contributed by atoms with E-state index in [4.69, 9.17) is 4.74 Å². The molecule has 0 bridgehead atoms. The summed E-state index contributed by atoms with van der Waals surface area (Å²) in [4.78, 5) is 2.73. The van der Waals surface area contributed by atoms with Gasteiger partial charge in [-0.05, 0) is 38.1 Å². The van der Waals surface area contributed by atoms with Gasteiger partial charge in [-0.3, -0.25) is 4.90 Å². The topological polar surface area (TPSA) is 24.5 Å². The van der Waals surface area contributed by atoms with Crippen molar-refractivity contribution in [2.75, 3.05) is 26.8 Å². The third-order valence-corrected chi connectivity index (χ3v) is 4.90. The molecule has 0 aromatic carbocycles. The summed E-state index contributed by atoms with van der Waals surface area (Å²) in [5.74, 6) is 0. The number of rotatable bonds is 3. The van der Waals surface area contributed by atoms with E-state index in [0.717, 1.165) is 19.8 Å². The van der Waals surface area contributed by atoms with Crippen LogP contribution in [0, 0.1) is 5.41 Å². The molecule has 0 amide bonds. The van der Waals surface area contributed by atoms with Gasteiger partial charge in [0.15, 0.2) is 0 Å². The Hall–Kier alpha value is -0.120. The third-order valence-electron chi connectivity index (χ3n) is 4.90. The maximum atomic E-state index is 5.65. The highest BCUT2D eigenvalue weighted by Gasteiger charge is 2.40. The van der Waals surface area contributed by atoms with Crippen LogP contribution in [0.3, 0.4) is 0 Å². The lowest BCUT2D eigenvalue weighted by Gasteiger charge is -2.49. The van der Waals surface area contributed by atoms with Crippen molar-refractivity contribution in [1.29, 1.82) is 0 Å². The molecular weight excluding hydrogens is 224 g/mol. The van der Waals surface area contributed by atoms with Crippen LogP contribution in [-0.4, -0.2) is 49.8 Å². The fourth-order valence-electron chi connectivity index (χ4n) is 3.69. The standard InChI is InChI=1S/C15H30N2O/c1-5-12-11-18-9-8-17(12)14-10-15(2,3)7-6-13(14)16-4/h12-14,16H,5-11H2,1-4H3. The van der Waals surface area contributed by atoms with Gasteiger partial charge in [0.05, 0.1) is 13.2 Å². The summed E-state index contributed by atoms with van der Waals surface area (Å²) in [7, 11) is 2.12. The van der Waals surface area contributed by atoms with Gasteiger partial charge in [-0.2, -0.15) is 0 Å².